The molecule has 0 radical (unpaired) electrons. The van der Waals surface area contributed by atoms with Gasteiger partial charge in [-0.25, -0.2) is 16.8 Å². The van der Waals surface area contributed by atoms with Crippen LogP contribution in [0.15, 0.2) is 47.4 Å². The van der Waals surface area contributed by atoms with Crippen molar-refractivity contribution >= 4 is 43.2 Å². The van der Waals surface area contributed by atoms with Crippen molar-refractivity contribution in [2.24, 2.45) is 0 Å². The second-order valence-corrected chi connectivity index (χ2v) is 12.7. The maximum absolute atomic E-state index is 12.9. The number of benzene rings is 2. The lowest BCUT2D eigenvalue weighted by molar-refractivity contribution is -0.122. The highest BCUT2D eigenvalue weighted by atomic mass is 35.5. The van der Waals surface area contributed by atoms with Crippen LogP contribution in [0.2, 0.25) is 5.02 Å². The molecule has 1 unspecified atom stereocenters. The van der Waals surface area contributed by atoms with Gasteiger partial charge in [0.15, 0.2) is 0 Å². The smallest absolute Gasteiger partial charge is 0.244 e. The van der Waals surface area contributed by atoms with Crippen molar-refractivity contribution in [3.63, 3.8) is 0 Å². The van der Waals surface area contributed by atoms with Crippen molar-refractivity contribution in [3.05, 3.63) is 53.1 Å². The molecule has 3 rings (SSSR count). The van der Waals surface area contributed by atoms with Gasteiger partial charge >= 0.3 is 0 Å². The summed E-state index contributed by atoms with van der Waals surface area (Å²) in [5.41, 5.74) is 1.10. The molecule has 1 aliphatic rings. The number of ether oxygens (including phenoxy) is 2. The van der Waals surface area contributed by atoms with E-state index in [1.807, 2.05) is 0 Å². The van der Waals surface area contributed by atoms with Crippen molar-refractivity contribution in [1.29, 1.82) is 0 Å². The van der Waals surface area contributed by atoms with Crippen LogP contribution in [0.1, 0.15) is 18.9 Å². The predicted octanol–water partition coefficient (Wildman–Crippen LogP) is 2.41. The maximum Gasteiger partial charge on any atom is 0.244 e. The summed E-state index contributed by atoms with van der Waals surface area (Å²) in [4.78, 5) is 13.1. The Hall–Kier alpha value is -2.38. The number of halogens is 1. The van der Waals surface area contributed by atoms with E-state index >= 15 is 0 Å². The van der Waals surface area contributed by atoms with Gasteiger partial charge < -0.3 is 14.8 Å². The van der Waals surface area contributed by atoms with E-state index in [1.165, 1.54) is 22.5 Å². The third-order valence-electron chi connectivity index (χ3n) is 5.84. The van der Waals surface area contributed by atoms with Crippen LogP contribution in [0.4, 0.5) is 5.69 Å². The van der Waals surface area contributed by atoms with Gasteiger partial charge in [0.2, 0.25) is 26.0 Å². The Bertz CT molecular complexity index is 1300. The molecule has 1 atom stereocenters. The van der Waals surface area contributed by atoms with Gasteiger partial charge in [0, 0.05) is 18.1 Å². The SMILES string of the molecule is CCC(C(=O)NCCOc1ccc(S(=O)(=O)N2CCOCC2)cc1)N(c1ccc(C)c(Cl)c1)S(C)(=O)=O. The van der Waals surface area contributed by atoms with E-state index in [9.17, 15) is 21.6 Å². The number of anilines is 1. The molecule has 1 amide bonds. The largest absolute Gasteiger partial charge is 0.492 e. The topological polar surface area (TPSA) is 122 Å². The molecule has 2 aromatic rings. The van der Waals surface area contributed by atoms with Crippen LogP contribution in [0.5, 0.6) is 5.75 Å². The van der Waals surface area contributed by atoms with Crippen molar-refractivity contribution < 1.29 is 31.1 Å². The summed E-state index contributed by atoms with van der Waals surface area (Å²) >= 11 is 6.19. The number of nitrogens with zero attached hydrogens (tertiary/aromatic N) is 2. The van der Waals surface area contributed by atoms with Gasteiger partial charge in [-0.1, -0.05) is 24.6 Å². The number of sulfonamides is 2. The first-order valence-electron chi connectivity index (χ1n) is 11.8. The van der Waals surface area contributed by atoms with E-state index in [2.05, 4.69) is 5.32 Å². The number of nitrogens with one attached hydrogen (secondary N) is 1. The van der Waals surface area contributed by atoms with E-state index in [0.29, 0.717) is 42.8 Å². The second-order valence-electron chi connectivity index (χ2n) is 8.54. The van der Waals surface area contributed by atoms with Gasteiger partial charge in [-0.3, -0.25) is 9.10 Å². The molecule has 0 bridgehead atoms. The normalized spacial score (nSPS) is 15.7. The fraction of sp³-hybridized carbons (Fsp3) is 0.458. The molecule has 37 heavy (non-hydrogen) atoms. The Balaban J connectivity index is 1.59. The van der Waals surface area contributed by atoms with E-state index in [1.54, 1.807) is 38.1 Å². The molecule has 1 N–H and O–H groups in total. The number of hydrogen-bond donors (Lipinski definition) is 1. The lowest BCUT2D eigenvalue weighted by Gasteiger charge is -2.30. The number of morpholine rings is 1. The van der Waals surface area contributed by atoms with Crippen molar-refractivity contribution in [1.82, 2.24) is 9.62 Å². The van der Waals surface area contributed by atoms with Gasteiger partial charge in [-0.15, -0.1) is 0 Å². The Kier molecular flexibility index (Phi) is 9.81. The fourth-order valence-corrected chi connectivity index (χ4v) is 6.67. The van der Waals surface area contributed by atoms with Crippen LogP contribution < -0.4 is 14.4 Å². The minimum Gasteiger partial charge on any atom is -0.492 e. The van der Waals surface area contributed by atoms with Crippen molar-refractivity contribution in [2.45, 2.75) is 31.2 Å². The molecular weight excluding hydrogens is 542 g/mol. The van der Waals surface area contributed by atoms with Crippen molar-refractivity contribution in [3.8, 4) is 5.75 Å². The Morgan fingerprint density at radius 2 is 1.78 bits per heavy atom. The molecule has 0 aromatic heterocycles. The van der Waals surface area contributed by atoms with E-state index in [0.717, 1.165) is 16.1 Å². The van der Waals surface area contributed by atoms with Gasteiger partial charge in [0.05, 0.1) is 36.6 Å². The Labute approximate surface area is 223 Å². The Morgan fingerprint density at radius 3 is 2.35 bits per heavy atom. The number of carbonyl (C=O) groups excluding carboxylic acids is 1. The molecule has 1 heterocycles. The van der Waals surface area contributed by atoms with E-state index in [4.69, 9.17) is 21.1 Å². The third kappa shape index (κ3) is 7.35. The molecule has 0 spiro atoms. The maximum atomic E-state index is 12.9. The first-order chi connectivity index (χ1) is 17.4. The average molecular weight is 574 g/mol. The highest BCUT2D eigenvalue weighted by molar-refractivity contribution is 7.92. The lowest BCUT2D eigenvalue weighted by Crippen LogP contribution is -2.50. The molecule has 1 saturated heterocycles. The number of aryl methyl sites for hydroxylation is 1. The third-order valence-corrected chi connectivity index (χ3v) is 9.34. The standard InChI is InChI=1S/C24H32ClN3O7S2/c1-4-23(28(36(3,30)31)19-6-5-18(2)22(25)17-19)24(29)26-11-14-35-20-7-9-21(10-8-20)37(32,33)27-12-15-34-16-13-27/h5-10,17,23H,4,11-16H2,1-3H3,(H,26,29). The monoisotopic (exact) mass is 573 g/mol. The highest BCUT2D eigenvalue weighted by Crippen LogP contribution is 2.27. The molecule has 0 saturated carbocycles. The van der Waals surface area contributed by atoms with Gasteiger partial charge in [-0.05, 0) is 55.3 Å². The van der Waals surface area contributed by atoms with Gasteiger partial charge in [0.25, 0.3) is 0 Å². The summed E-state index contributed by atoms with van der Waals surface area (Å²) in [5, 5.41) is 3.11. The van der Waals surface area contributed by atoms with Crippen LogP contribution in [-0.4, -0.2) is 78.8 Å². The van der Waals surface area contributed by atoms with Crippen LogP contribution in [0, 0.1) is 6.92 Å². The first kappa shape index (κ1) is 29.2. The van der Waals surface area contributed by atoms with Crippen LogP contribution in [-0.2, 0) is 29.6 Å². The lowest BCUT2D eigenvalue weighted by atomic mass is 10.1. The molecule has 10 nitrogen and oxygen atoms in total. The molecular formula is C24H32ClN3O7S2. The summed E-state index contributed by atoms with van der Waals surface area (Å²) in [7, 11) is -7.38. The number of rotatable bonds is 11. The summed E-state index contributed by atoms with van der Waals surface area (Å²) in [6.07, 6.45) is 1.28. The minimum atomic E-state index is -3.78. The first-order valence-corrected chi connectivity index (χ1v) is 15.5. The predicted molar refractivity (Wildman–Crippen MR) is 142 cm³/mol. The summed E-state index contributed by atoms with van der Waals surface area (Å²) in [6, 6.07) is 9.92. The minimum absolute atomic E-state index is 0.104. The van der Waals surface area contributed by atoms with E-state index < -0.39 is 32.0 Å². The second kappa shape index (κ2) is 12.4. The zero-order valence-corrected chi connectivity index (χ0v) is 23.4. The summed E-state index contributed by atoms with van der Waals surface area (Å²) in [5.74, 6) is -0.0329. The fourth-order valence-electron chi connectivity index (χ4n) is 3.88. The zero-order valence-electron chi connectivity index (χ0n) is 21.0. The average Bonchev–Trinajstić information content (AvgIpc) is 2.87. The summed E-state index contributed by atoms with van der Waals surface area (Å²) in [6.45, 7) is 5.11. The van der Waals surface area contributed by atoms with Crippen LogP contribution in [0.3, 0.4) is 0 Å². The van der Waals surface area contributed by atoms with Crippen LogP contribution >= 0.6 is 11.6 Å². The van der Waals surface area contributed by atoms with Gasteiger partial charge in [-0.2, -0.15) is 4.31 Å². The quantitative estimate of drug-likeness (QED) is 0.410. The summed E-state index contributed by atoms with van der Waals surface area (Å²) < 4.78 is 63.9. The number of carbonyl (C=O) groups is 1. The number of hydrogen-bond acceptors (Lipinski definition) is 7. The molecule has 1 aliphatic heterocycles. The molecule has 0 aliphatic carbocycles. The van der Waals surface area contributed by atoms with E-state index in [-0.39, 0.29) is 24.5 Å². The Morgan fingerprint density at radius 1 is 1.14 bits per heavy atom. The molecule has 13 heteroatoms. The number of amides is 1. The van der Waals surface area contributed by atoms with Crippen LogP contribution in [0.25, 0.3) is 0 Å². The van der Waals surface area contributed by atoms with Gasteiger partial charge in [0.1, 0.15) is 18.4 Å². The molecule has 2 aromatic carbocycles. The molecule has 1 fully saturated rings. The highest BCUT2D eigenvalue weighted by Gasteiger charge is 2.31. The van der Waals surface area contributed by atoms with Crippen molar-refractivity contribution in [2.75, 3.05) is 50.0 Å². The zero-order chi connectivity index (χ0) is 27.2. The molecule has 204 valence electrons.